The van der Waals surface area contributed by atoms with E-state index >= 15 is 0 Å². The van der Waals surface area contributed by atoms with Gasteiger partial charge in [-0.15, -0.1) is 0 Å². The van der Waals surface area contributed by atoms with Crippen LogP contribution in [-0.4, -0.2) is 29.9 Å². The van der Waals surface area contributed by atoms with Crippen LogP contribution in [0.25, 0.3) is 11.1 Å². The molecule has 2 aromatic rings. The number of rotatable bonds is 6. The summed E-state index contributed by atoms with van der Waals surface area (Å²) < 4.78 is 38.6. The van der Waals surface area contributed by atoms with Crippen molar-refractivity contribution in [2.75, 3.05) is 6.54 Å². The molecule has 0 saturated carbocycles. The highest BCUT2D eigenvalue weighted by Gasteiger charge is 2.48. The van der Waals surface area contributed by atoms with E-state index in [1.807, 2.05) is 0 Å². The summed E-state index contributed by atoms with van der Waals surface area (Å²) in [6, 6.07) is 9.88. The number of halogens is 3. The largest absolute Gasteiger partial charge is 0.416 e. The summed E-state index contributed by atoms with van der Waals surface area (Å²) in [4.78, 5) is 37.1. The third-order valence-corrected chi connectivity index (χ3v) is 5.03. The van der Waals surface area contributed by atoms with E-state index in [4.69, 9.17) is 11.5 Å². The summed E-state index contributed by atoms with van der Waals surface area (Å²) in [6.07, 6.45) is -0.638. The summed E-state index contributed by atoms with van der Waals surface area (Å²) in [5.74, 6) is -1.39. The first-order valence-corrected chi connectivity index (χ1v) is 9.61. The van der Waals surface area contributed by atoms with E-state index in [1.165, 1.54) is 36.6 Å². The van der Waals surface area contributed by atoms with Gasteiger partial charge in [0.2, 0.25) is 0 Å². The van der Waals surface area contributed by atoms with Crippen LogP contribution in [0.3, 0.4) is 0 Å². The van der Waals surface area contributed by atoms with Crippen LogP contribution in [0, 0.1) is 0 Å². The number of allylic oxidation sites excluding steroid dienone is 2. The van der Waals surface area contributed by atoms with Gasteiger partial charge in [-0.25, -0.2) is 4.79 Å². The molecule has 0 bridgehead atoms. The number of benzene rings is 2. The monoisotopic (exact) mass is 459 g/mol. The quantitative estimate of drug-likeness (QED) is 0.332. The zero-order valence-electron chi connectivity index (χ0n) is 17.1. The van der Waals surface area contributed by atoms with Crippen molar-refractivity contribution in [1.29, 1.82) is 0 Å². The van der Waals surface area contributed by atoms with Crippen LogP contribution >= 0.6 is 0 Å². The Morgan fingerprint density at radius 1 is 1.09 bits per heavy atom. The maximum atomic E-state index is 13.0. The molecule has 7 N–H and O–H groups in total. The van der Waals surface area contributed by atoms with Crippen molar-refractivity contribution in [3.8, 4) is 11.1 Å². The van der Waals surface area contributed by atoms with Gasteiger partial charge in [0.05, 0.1) is 12.1 Å². The SMILES string of the molecule is N/C=C\C=C(/N)C1(CNC(=O)c2ccccc2-c2ccc(C(F)(F)F)cc2)NC(=O)NC1=O. The molecule has 2 aromatic carbocycles. The normalized spacial score (nSPS) is 18.8. The van der Waals surface area contributed by atoms with Crippen molar-refractivity contribution >= 4 is 17.8 Å². The van der Waals surface area contributed by atoms with Crippen molar-refractivity contribution in [1.82, 2.24) is 16.0 Å². The molecule has 3 rings (SSSR count). The zero-order chi connectivity index (χ0) is 24.2. The maximum absolute atomic E-state index is 13.0. The van der Waals surface area contributed by atoms with Crippen LogP contribution in [0.15, 0.2) is 72.6 Å². The molecule has 4 amide bonds. The fourth-order valence-electron chi connectivity index (χ4n) is 3.30. The Hall–Kier alpha value is -4.28. The molecule has 33 heavy (non-hydrogen) atoms. The van der Waals surface area contributed by atoms with Gasteiger partial charge in [0.1, 0.15) is 0 Å². The van der Waals surface area contributed by atoms with Crippen LogP contribution in [0.5, 0.6) is 0 Å². The molecular formula is C22H20F3N5O3. The van der Waals surface area contributed by atoms with Gasteiger partial charge in [-0.05, 0) is 47.7 Å². The fourth-order valence-corrected chi connectivity index (χ4v) is 3.30. The minimum Gasteiger partial charge on any atom is -0.405 e. The molecule has 1 aliphatic heterocycles. The number of hydrogen-bond acceptors (Lipinski definition) is 5. The minimum absolute atomic E-state index is 0.0659. The molecule has 0 spiro atoms. The van der Waals surface area contributed by atoms with Crippen molar-refractivity contribution in [2.45, 2.75) is 11.7 Å². The maximum Gasteiger partial charge on any atom is 0.416 e. The summed E-state index contributed by atoms with van der Waals surface area (Å²) in [7, 11) is 0. The van der Waals surface area contributed by atoms with Gasteiger partial charge in [0.15, 0.2) is 5.54 Å². The second-order valence-corrected chi connectivity index (χ2v) is 7.12. The molecule has 1 heterocycles. The number of nitrogens with one attached hydrogen (secondary N) is 3. The van der Waals surface area contributed by atoms with Gasteiger partial charge >= 0.3 is 12.2 Å². The number of nitrogens with two attached hydrogens (primary N) is 2. The fraction of sp³-hybridized carbons (Fsp3) is 0.136. The molecule has 1 aliphatic rings. The lowest BCUT2D eigenvalue weighted by Gasteiger charge is -2.27. The molecular weight excluding hydrogens is 439 g/mol. The van der Waals surface area contributed by atoms with Gasteiger partial charge in [0.25, 0.3) is 11.8 Å². The lowest BCUT2D eigenvalue weighted by Crippen LogP contribution is -2.58. The number of urea groups is 1. The summed E-state index contributed by atoms with van der Waals surface area (Å²) in [5.41, 5.74) is 9.57. The highest BCUT2D eigenvalue weighted by molar-refractivity contribution is 6.10. The van der Waals surface area contributed by atoms with Crippen LogP contribution in [0.4, 0.5) is 18.0 Å². The van der Waals surface area contributed by atoms with Gasteiger partial charge in [-0.1, -0.05) is 30.3 Å². The van der Waals surface area contributed by atoms with Crippen molar-refractivity contribution in [2.24, 2.45) is 11.5 Å². The van der Waals surface area contributed by atoms with Crippen LogP contribution in [0.2, 0.25) is 0 Å². The standard InChI is InChI=1S/C22H20F3N5O3/c23-22(24,25)14-9-7-13(8-10-14)15-4-1-2-5-16(15)18(31)28-12-21(17(27)6-3-11-26)19(32)29-20(33)30-21/h1-11H,12,26-27H2,(H,28,31)(H2,29,30,32,33)/b11-3-,17-6-. The van der Waals surface area contributed by atoms with E-state index in [1.54, 1.807) is 18.2 Å². The van der Waals surface area contributed by atoms with Gasteiger partial charge in [-0.3, -0.25) is 14.9 Å². The molecule has 1 saturated heterocycles. The third-order valence-electron chi connectivity index (χ3n) is 5.03. The predicted octanol–water partition coefficient (Wildman–Crippen LogP) is 2.00. The zero-order valence-corrected chi connectivity index (χ0v) is 17.1. The first kappa shape index (κ1) is 23.4. The average Bonchev–Trinajstić information content (AvgIpc) is 3.09. The lowest BCUT2D eigenvalue weighted by molar-refractivity contribution is -0.137. The molecule has 0 aliphatic carbocycles. The Bertz CT molecular complexity index is 1140. The number of amides is 4. The van der Waals surface area contributed by atoms with E-state index < -0.39 is 35.1 Å². The predicted molar refractivity (Wildman–Crippen MR) is 114 cm³/mol. The topological polar surface area (TPSA) is 139 Å². The van der Waals surface area contributed by atoms with E-state index in [-0.39, 0.29) is 17.8 Å². The average molecular weight is 459 g/mol. The van der Waals surface area contributed by atoms with E-state index in [9.17, 15) is 27.6 Å². The summed E-state index contributed by atoms with van der Waals surface area (Å²) in [6.45, 7) is -0.383. The number of imide groups is 1. The minimum atomic E-state index is -4.48. The Morgan fingerprint density at radius 2 is 1.76 bits per heavy atom. The summed E-state index contributed by atoms with van der Waals surface area (Å²) in [5, 5.41) is 7.05. The molecule has 172 valence electrons. The second kappa shape index (κ2) is 9.07. The third kappa shape index (κ3) is 4.81. The van der Waals surface area contributed by atoms with Gasteiger partial charge in [-0.2, -0.15) is 13.2 Å². The van der Waals surface area contributed by atoms with Gasteiger partial charge < -0.3 is 22.1 Å². The number of hydrogen-bond donors (Lipinski definition) is 5. The Labute approximate surface area is 186 Å². The molecule has 0 aromatic heterocycles. The van der Waals surface area contributed by atoms with Crippen LogP contribution in [0.1, 0.15) is 15.9 Å². The van der Waals surface area contributed by atoms with Crippen molar-refractivity contribution < 1.29 is 27.6 Å². The molecule has 11 heteroatoms. The first-order valence-electron chi connectivity index (χ1n) is 9.61. The molecule has 0 radical (unpaired) electrons. The van der Waals surface area contributed by atoms with Gasteiger partial charge in [0, 0.05) is 11.3 Å². The van der Waals surface area contributed by atoms with Crippen LogP contribution < -0.4 is 27.4 Å². The Morgan fingerprint density at radius 3 is 2.33 bits per heavy atom. The highest BCUT2D eigenvalue weighted by atomic mass is 19.4. The Kier molecular flexibility index (Phi) is 6.43. The number of carbonyl (C=O) groups is 3. The number of carbonyl (C=O) groups excluding carboxylic acids is 3. The van der Waals surface area contributed by atoms with E-state index in [0.29, 0.717) is 11.1 Å². The van der Waals surface area contributed by atoms with E-state index in [0.717, 1.165) is 12.1 Å². The summed E-state index contributed by atoms with van der Waals surface area (Å²) >= 11 is 0. The van der Waals surface area contributed by atoms with Crippen molar-refractivity contribution in [3.05, 3.63) is 83.7 Å². The highest BCUT2D eigenvalue weighted by Crippen LogP contribution is 2.32. The van der Waals surface area contributed by atoms with Crippen molar-refractivity contribution in [3.63, 3.8) is 0 Å². The smallest absolute Gasteiger partial charge is 0.405 e. The lowest BCUT2D eigenvalue weighted by atomic mass is 9.94. The molecule has 1 atom stereocenters. The first-order chi connectivity index (χ1) is 15.6. The molecule has 8 nitrogen and oxygen atoms in total. The molecule has 1 fully saturated rings. The second-order valence-electron chi connectivity index (χ2n) is 7.12. The Balaban J connectivity index is 1.88. The van der Waals surface area contributed by atoms with Crippen LogP contribution in [-0.2, 0) is 11.0 Å². The number of alkyl halides is 3. The van der Waals surface area contributed by atoms with E-state index in [2.05, 4.69) is 16.0 Å². The molecule has 1 unspecified atom stereocenters.